The van der Waals surface area contributed by atoms with E-state index in [1.54, 1.807) is 25.3 Å². The van der Waals surface area contributed by atoms with Crippen molar-refractivity contribution < 1.29 is 13.9 Å². The molecule has 0 saturated heterocycles. The number of halogens is 2. The van der Waals surface area contributed by atoms with Crippen LogP contribution in [0.15, 0.2) is 53.0 Å². The highest BCUT2D eigenvalue weighted by Crippen LogP contribution is 2.24. The lowest BCUT2D eigenvalue weighted by atomic mass is 10.1. The lowest BCUT2D eigenvalue weighted by molar-refractivity contribution is -0.117. The van der Waals surface area contributed by atoms with Gasteiger partial charge in [0.2, 0.25) is 5.91 Å². The number of hydrogen-bond acceptors (Lipinski definition) is 2. The van der Waals surface area contributed by atoms with Gasteiger partial charge in [-0.3, -0.25) is 4.79 Å². The third-order valence-electron chi connectivity index (χ3n) is 3.33. The van der Waals surface area contributed by atoms with Gasteiger partial charge in [0, 0.05) is 16.1 Å². The second kappa shape index (κ2) is 7.92. The standard InChI is InChI=1S/C18H17BrFNO2/c1-12(13-3-7-16(20)8-4-13)21-18(22)10-5-14-11-15(19)6-9-17(14)23-2/h3-12H,1-2H3,(H,21,22)/b10-5+. The van der Waals surface area contributed by atoms with Crippen LogP contribution in [-0.4, -0.2) is 13.0 Å². The molecule has 3 nitrogen and oxygen atoms in total. The predicted molar refractivity (Wildman–Crippen MR) is 92.7 cm³/mol. The zero-order chi connectivity index (χ0) is 16.8. The van der Waals surface area contributed by atoms with Gasteiger partial charge in [0.15, 0.2) is 0 Å². The van der Waals surface area contributed by atoms with Crippen molar-refractivity contribution in [2.75, 3.05) is 7.11 Å². The molecule has 2 aromatic carbocycles. The van der Waals surface area contributed by atoms with Crippen LogP contribution in [0.2, 0.25) is 0 Å². The minimum absolute atomic E-state index is 0.211. The minimum Gasteiger partial charge on any atom is -0.496 e. The fourth-order valence-corrected chi connectivity index (χ4v) is 2.48. The van der Waals surface area contributed by atoms with Gasteiger partial charge >= 0.3 is 0 Å². The molecular formula is C18H17BrFNO2. The second-order valence-corrected chi connectivity index (χ2v) is 5.92. The number of ether oxygens (including phenoxy) is 1. The smallest absolute Gasteiger partial charge is 0.244 e. The Bertz CT molecular complexity index is 713. The van der Waals surface area contributed by atoms with Gasteiger partial charge in [-0.25, -0.2) is 4.39 Å². The molecule has 2 aromatic rings. The SMILES string of the molecule is COc1ccc(Br)cc1/C=C/C(=O)NC(C)c1ccc(F)cc1. The van der Waals surface area contributed by atoms with Crippen LogP contribution in [0, 0.1) is 5.82 Å². The number of benzene rings is 2. The Morgan fingerprint density at radius 1 is 1.26 bits per heavy atom. The van der Waals surface area contributed by atoms with E-state index < -0.39 is 0 Å². The Labute approximate surface area is 143 Å². The minimum atomic E-state index is -0.297. The molecule has 0 aliphatic carbocycles. The highest BCUT2D eigenvalue weighted by molar-refractivity contribution is 9.10. The number of rotatable bonds is 5. The number of hydrogen-bond donors (Lipinski definition) is 1. The number of methoxy groups -OCH3 is 1. The Morgan fingerprint density at radius 3 is 2.61 bits per heavy atom. The van der Waals surface area contributed by atoms with E-state index in [0.717, 1.165) is 15.6 Å². The van der Waals surface area contributed by atoms with Crippen molar-refractivity contribution in [1.29, 1.82) is 0 Å². The van der Waals surface area contributed by atoms with Gasteiger partial charge in [0.1, 0.15) is 11.6 Å². The summed E-state index contributed by atoms with van der Waals surface area (Å²) in [6, 6.07) is 11.4. The van der Waals surface area contributed by atoms with Crippen molar-refractivity contribution in [1.82, 2.24) is 5.32 Å². The van der Waals surface area contributed by atoms with Gasteiger partial charge in [0.05, 0.1) is 13.2 Å². The normalized spacial score (nSPS) is 12.2. The Morgan fingerprint density at radius 2 is 1.96 bits per heavy atom. The predicted octanol–water partition coefficient (Wildman–Crippen LogP) is 4.49. The summed E-state index contributed by atoms with van der Waals surface area (Å²) in [5, 5.41) is 2.84. The molecule has 0 heterocycles. The molecule has 1 atom stereocenters. The summed E-state index contributed by atoms with van der Waals surface area (Å²) in [5.74, 6) is 0.154. The van der Waals surface area contributed by atoms with E-state index in [1.807, 2.05) is 25.1 Å². The molecule has 0 radical (unpaired) electrons. The Hall–Kier alpha value is -2.14. The third-order valence-corrected chi connectivity index (χ3v) is 3.83. The zero-order valence-corrected chi connectivity index (χ0v) is 14.4. The molecule has 0 spiro atoms. The van der Waals surface area contributed by atoms with Crippen LogP contribution in [0.1, 0.15) is 24.1 Å². The maximum absolute atomic E-state index is 12.9. The van der Waals surface area contributed by atoms with Crippen LogP contribution in [0.25, 0.3) is 6.08 Å². The van der Waals surface area contributed by atoms with Gasteiger partial charge in [-0.05, 0) is 48.9 Å². The lowest BCUT2D eigenvalue weighted by Gasteiger charge is -2.12. The quantitative estimate of drug-likeness (QED) is 0.779. The number of nitrogens with one attached hydrogen (secondary N) is 1. The first-order chi connectivity index (χ1) is 11.0. The third kappa shape index (κ3) is 4.93. The molecule has 120 valence electrons. The molecule has 0 aromatic heterocycles. The van der Waals surface area contributed by atoms with Crippen molar-refractivity contribution in [3.8, 4) is 5.75 Å². The molecule has 2 rings (SSSR count). The van der Waals surface area contributed by atoms with Crippen molar-refractivity contribution in [2.24, 2.45) is 0 Å². The van der Waals surface area contributed by atoms with E-state index in [4.69, 9.17) is 4.74 Å². The summed E-state index contributed by atoms with van der Waals surface area (Å²) in [5.41, 5.74) is 1.64. The molecule has 23 heavy (non-hydrogen) atoms. The average Bonchev–Trinajstić information content (AvgIpc) is 2.53. The number of amides is 1. The molecule has 5 heteroatoms. The van der Waals surface area contributed by atoms with E-state index in [-0.39, 0.29) is 17.8 Å². The van der Waals surface area contributed by atoms with Crippen molar-refractivity contribution in [2.45, 2.75) is 13.0 Å². The maximum atomic E-state index is 12.9. The topological polar surface area (TPSA) is 38.3 Å². The Balaban J connectivity index is 2.04. The molecule has 0 saturated carbocycles. The van der Waals surface area contributed by atoms with Crippen LogP contribution in [0.3, 0.4) is 0 Å². The van der Waals surface area contributed by atoms with Gasteiger partial charge in [0.25, 0.3) is 0 Å². The van der Waals surface area contributed by atoms with Gasteiger partial charge in [-0.2, -0.15) is 0 Å². The molecule has 0 aliphatic heterocycles. The fraction of sp³-hybridized carbons (Fsp3) is 0.167. The molecule has 0 aliphatic rings. The van der Waals surface area contributed by atoms with Crippen LogP contribution in [0.4, 0.5) is 4.39 Å². The first-order valence-corrected chi connectivity index (χ1v) is 7.86. The molecule has 1 unspecified atom stereocenters. The summed E-state index contributed by atoms with van der Waals surface area (Å²) < 4.78 is 19.1. The average molecular weight is 378 g/mol. The van der Waals surface area contributed by atoms with Crippen molar-refractivity contribution in [3.63, 3.8) is 0 Å². The zero-order valence-electron chi connectivity index (χ0n) is 12.8. The first kappa shape index (κ1) is 17.2. The Kier molecular flexibility index (Phi) is 5.93. The number of carbonyl (C=O) groups excluding carboxylic acids is 1. The van der Waals surface area contributed by atoms with E-state index in [0.29, 0.717) is 5.75 Å². The van der Waals surface area contributed by atoms with Crippen LogP contribution in [0.5, 0.6) is 5.75 Å². The van der Waals surface area contributed by atoms with Crippen molar-refractivity contribution in [3.05, 3.63) is 70.0 Å². The summed E-state index contributed by atoms with van der Waals surface area (Å²) >= 11 is 3.39. The largest absolute Gasteiger partial charge is 0.496 e. The summed E-state index contributed by atoms with van der Waals surface area (Å²) in [6.45, 7) is 1.85. The fourth-order valence-electron chi connectivity index (χ4n) is 2.10. The van der Waals surface area contributed by atoms with E-state index in [2.05, 4.69) is 21.2 Å². The highest BCUT2D eigenvalue weighted by atomic mass is 79.9. The van der Waals surface area contributed by atoms with E-state index in [1.165, 1.54) is 18.2 Å². The summed E-state index contributed by atoms with van der Waals surface area (Å²) in [6.07, 6.45) is 3.14. The molecule has 1 amide bonds. The summed E-state index contributed by atoms with van der Waals surface area (Å²) in [7, 11) is 1.58. The van der Waals surface area contributed by atoms with Gasteiger partial charge < -0.3 is 10.1 Å². The van der Waals surface area contributed by atoms with Crippen LogP contribution in [-0.2, 0) is 4.79 Å². The highest BCUT2D eigenvalue weighted by Gasteiger charge is 2.08. The molecule has 1 N–H and O–H groups in total. The van der Waals surface area contributed by atoms with Crippen LogP contribution >= 0.6 is 15.9 Å². The monoisotopic (exact) mass is 377 g/mol. The second-order valence-electron chi connectivity index (χ2n) is 5.00. The van der Waals surface area contributed by atoms with Gasteiger partial charge in [-0.1, -0.05) is 28.1 Å². The van der Waals surface area contributed by atoms with Crippen LogP contribution < -0.4 is 10.1 Å². The van der Waals surface area contributed by atoms with E-state index in [9.17, 15) is 9.18 Å². The number of carbonyl (C=O) groups is 1. The maximum Gasteiger partial charge on any atom is 0.244 e. The van der Waals surface area contributed by atoms with Gasteiger partial charge in [-0.15, -0.1) is 0 Å². The van der Waals surface area contributed by atoms with Crippen molar-refractivity contribution >= 4 is 27.9 Å². The van der Waals surface area contributed by atoms with E-state index >= 15 is 0 Å². The summed E-state index contributed by atoms with van der Waals surface area (Å²) in [4.78, 5) is 12.0. The molecule has 0 fully saturated rings. The molecule has 0 bridgehead atoms. The molecular weight excluding hydrogens is 361 g/mol. The first-order valence-electron chi connectivity index (χ1n) is 7.07. The lowest BCUT2D eigenvalue weighted by Crippen LogP contribution is -2.24.